The van der Waals surface area contributed by atoms with Crippen molar-refractivity contribution in [2.24, 2.45) is 0 Å². The second-order valence-electron chi connectivity index (χ2n) is 2.06. The molecule has 0 amide bonds. The Kier molecular flexibility index (Phi) is 3.38. The lowest BCUT2D eigenvalue weighted by molar-refractivity contribution is 0.112. The van der Waals surface area contributed by atoms with E-state index in [1.165, 1.54) is 6.07 Å². The molecule has 0 fully saturated rings. The summed E-state index contributed by atoms with van der Waals surface area (Å²) in [4.78, 5) is 10.3. The smallest absolute Gasteiger partial charge is 0.162 e. The van der Waals surface area contributed by atoms with Gasteiger partial charge in [-0.15, -0.1) is 0 Å². The van der Waals surface area contributed by atoms with Crippen molar-refractivity contribution >= 4 is 29.5 Å². The Hall–Kier alpha value is -0.730. The van der Waals surface area contributed by atoms with Gasteiger partial charge >= 0.3 is 0 Å². The molecule has 0 atom stereocenters. The van der Waals surface area contributed by atoms with Crippen molar-refractivity contribution in [2.75, 3.05) is 6.07 Å². The summed E-state index contributed by atoms with van der Waals surface area (Å²) in [6.45, 7) is 0. The van der Waals surface area contributed by atoms with Crippen LogP contribution in [0, 0.1) is 0 Å². The van der Waals surface area contributed by atoms with Crippen LogP contribution in [0.3, 0.4) is 0 Å². The maximum atomic E-state index is 10.3. The third kappa shape index (κ3) is 2.13. The van der Waals surface area contributed by atoms with Gasteiger partial charge in [-0.25, -0.2) is 0 Å². The van der Waals surface area contributed by atoms with Gasteiger partial charge in [0.05, 0.1) is 5.02 Å². The van der Waals surface area contributed by atoms with Crippen molar-refractivity contribution in [1.82, 2.24) is 0 Å². The van der Waals surface area contributed by atoms with E-state index >= 15 is 0 Å². The summed E-state index contributed by atoms with van der Waals surface area (Å²) in [6, 6.07) is 4.78. The van der Waals surface area contributed by atoms with Gasteiger partial charge in [-0.1, -0.05) is 23.2 Å². The number of benzene rings is 1. The van der Waals surface area contributed by atoms with E-state index in [4.69, 9.17) is 27.9 Å². The van der Waals surface area contributed by atoms with E-state index in [1.54, 1.807) is 12.1 Å². The second kappa shape index (κ2) is 4.33. The molecule has 0 aliphatic carbocycles. The summed E-state index contributed by atoms with van der Waals surface area (Å²) in [6.07, 6.45) is 0.719. The molecule has 0 heterocycles. The van der Waals surface area contributed by atoms with Gasteiger partial charge in [0.25, 0.3) is 0 Å². The van der Waals surface area contributed by atoms with Gasteiger partial charge in [0.15, 0.2) is 6.07 Å². The molecule has 0 radical (unpaired) electrons. The number of hydrogen-bond acceptors (Lipinski definition) is 2. The topological polar surface area (TPSA) is 26.3 Å². The van der Waals surface area contributed by atoms with Crippen LogP contribution in [0.5, 0.6) is 5.75 Å². The van der Waals surface area contributed by atoms with Crippen LogP contribution < -0.4 is 4.74 Å². The molecule has 4 heteroatoms. The van der Waals surface area contributed by atoms with E-state index < -0.39 is 0 Å². The fourth-order valence-corrected chi connectivity index (χ4v) is 1.13. The molecular formula is C8H6Cl2O2. The molecule has 0 unspecified atom stereocenters. The highest BCUT2D eigenvalue weighted by atomic mass is 35.5. The third-order valence-electron chi connectivity index (χ3n) is 1.30. The van der Waals surface area contributed by atoms with Crippen LogP contribution in [0.1, 0.15) is 10.4 Å². The van der Waals surface area contributed by atoms with E-state index in [0.29, 0.717) is 16.3 Å². The van der Waals surface area contributed by atoms with Gasteiger partial charge in [-0.2, -0.15) is 0 Å². The lowest BCUT2D eigenvalue weighted by atomic mass is 10.2. The third-order valence-corrected chi connectivity index (χ3v) is 1.71. The number of alkyl halides is 1. The zero-order chi connectivity index (χ0) is 8.97. The van der Waals surface area contributed by atoms with E-state index in [1.807, 2.05) is 0 Å². The SMILES string of the molecule is O=Cc1ccc(OCCl)c(Cl)c1. The fourth-order valence-electron chi connectivity index (χ4n) is 0.766. The summed E-state index contributed by atoms with van der Waals surface area (Å²) in [5, 5.41) is 0.389. The average Bonchev–Trinajstić information content (AvgIpc) is 2.09. The van der Waals surface area contributed by atoms with E-state index in [9.17, 15) is 4.79 Å². The summed E-state index contributed by atoms with van der Waals surface area (Å²) >= 11 is 11.1. The normalized spacial score (nSPS) is 9.50. The molecule has 0 saturated heterocycles. The number of hydrogen-bond donors (Lipinski definition) is 0. The first kappa shape index (κ1) is 9.36. The Labute approximate surface area is 80.0 Å². The van der Waals surface area contributed by atoms with Crippen LogP contribution in [0.2, 0.25) is 5.02 Å². The predicted molar refractivity (Wildman–Crippen MR) is 48.2 cm³/mol. The molecule has 0 aliphatic rings. The highest BCUT2D eigenvalue weighted by Gasteiger charge is 2.01. The zero-order valence-corrected chi connectivity index (χ0v) is 7.60. The Morgan fingerprint density at radius 1 is 1.50 bits per heavy atom. The molecule has 2 nitrogen and oxygen atoms in total. The van der Waals surface area contributed by atoms with Crippen LogP contribution in [0.15, 0.2) is 18.2 Å². The quantitative estimate of drug-likeness (QED) is 0.560. The second-order valence-corrected chi connectivity index (χ2v) is 2.69. The van der Waals surface area contributed by atoms with Crippen molar-refractivity contribution in [1.29, 1.82) is 0 Å². The van der Waals surface area contributed by atoms with Crippen LogP contribution in [0.4, 0.5) is 0 Å². The van der Waals surface area contributed by atoms with Gasteiger partial charge in [-0.3, -0.25) is 4.79 Å². The van der Waals surface area contributed by atoms with Crippen LogP contribution in [-0.2, 0) is 0 Å². The minimum atomic E-state index is 0.0418. The molecule has 12 heavy (non-hydrogen) atoms. The van der Waals surface area contributed by atoms with Crippen LogP contribution >= 0.6 is 23.2 Å². The van der Waals surface area contributed by atoms with Gasteiger partial charge in [0, 0.05) is 5.56 Å². The van der Waals surface area contributed by atoms with Crippen molar-refractivity contribution in [2.45, 2.75) is 0 Å². The Bertz CT molecular complexity index is 286. The van der Waals surface area contributed by atoms with Crippen LogP contribution in [0.25, 0.3) is 0 Å². The monoisotopic (exact) mass is 204 g/mol. The Morgan fingerprint density at radius 2 is 2.25 bits per heavy atom. The molecule has 0 aliphatic heterocycles. The molecule has 0 saturated carbocycles. The molecule has 1 aromatic carbocycles. The minimum absolute atomic E-state index is 0.0418. The molecule has 64 valence electrons. The number of ether oxygens (including phenoxy) is 1. The van der Waals surface area contributed by atoms with Gasteiger partial charge in [0.2, 0.25) is 0 Å². The molecule has 0 bridgehead atoms. The largest absolute Gasteiger partial charge is 0.476 e. The lowest BCUT2D eigenvalue weighted by Gasteiger charge is -2.03. The highest BCUT2D eigenvalue weighted by Crippen LogP contribution is 2.24. The predicted octanol–water partition coefficient (Wildman–Crippen LogP) is 2.73. The molecule has 1 rings (SSSR count). The summed E-state index contributed by atoms with van der Waals surface area (Å²) in [5.74, 6) is 0.484. The number of carbonyl (C=O) groups is 1. The summed E-state index contributed by atoms with van der Waals surface area (Å²) < 4.78 is 4.95. The fraction of sp³-hybridized carbons (Fsp3) is 0.125. The standard InChI is InChI=1S/C8H6Cl2O2/c9-5-12-8-2-1-6(4-11)3-7(8)10/h1-4H,5H2. The zero-order valence-electron chi connectivity index (χ0n) is 6.09. The van der Waals surface area contributed by atoms with Gasteiger partial charge < -0.3 is 4.74 Å². The van der Waals surface area contributed by atoms with Gasteiger partial charge in [-0.05, 0) is 18.2 Å². The van der Waals surface area contributed by atoms with Crippen molar-refractivity contribution < 1.29 is 9.53 Å². The number of rotatable bonds is 3. The maximum absolute atomic E-state index is 10.3. The van der Waals surface area contributed by atoms with Crippen molar-refractivity contribution in [3.8, 4) is 5.75 Å². The Balaban J connectivity index is 2.94. The minimum Gasteiger partial charge on any atom is -0.476 e. The van der Waals surface area contributed by atoms with E-state index in [0.717, 1.165) is 6.29 Å². The summed E-state index contributed by atoms with van der Waals surface area (Å²) in [5.41, 5.74) is 0.516. The number of carbonyl (C=O) groups excluding carboxylic acids is 1. The first-order valence-corrected chi connectivity index (χ1v) is 4.12. The highest BCUT2D eigenvalue weighted by molar-refractivity contribution is 6.32. The molecule has 0 N–H and O–H groups in total. The average molecular weight is 205 g/mol. The first-order chi connectivity index (χ1) is 5.77. The lowest BCUT2D eigenvalue weighted by Crippen LogP contribution is -1.90. The first-order valence-electron chi connectivity index (χ1n) is 3.21. The van der Waals surface area contributed by atoms with E-state index in [2.05, 4.69) is 0 Å². The molecular weight excluding hydrogens is 199 g/mol. The van der Waals surface area contributed by atoms with Crippen molar-refractivity contribution in [3.05, 3.63) is 28.8 Å². The van der Waals surface area contributed by atoms with Crippen molar-refractivity contribution in [3.63, 3.8) is 0 Å². The Morgan fingerprint density at radius 3 is 2.75 bits per heavy atom. The number of aldehydes is 1. The van der Waals surface area contributed by atoms with E-state index in [-0.39, 0.29) is 6.07 Å². The van der Waals surface area contributed by atoms with Crippen LogP contribution in [-0.4, -0.2) is 12.4 Å². The molecule has 1 aromatic rings. The number of halogens is 2. The molecule has 0 aromatic heterocycles. The maximum Gasteiger partial charge on any atom is 0.162 e. The van der Waals surface area contributed by atoms with Gasteiger partial charge in [0.1, 0.15) is 12.0 Å². The summed E-state index contributed by atoms with van der Waals surface area (Å²) in [7, 11) is 0. The molecule has 0 spiro atoms.